The van der Waals surface area contributed by atoms with Gasteiger partial charge in [0, 0.05) is 18.1 Å². The summed E-state index contributed by atoms with van der Waals surface area (Å²) in [7, 11) is -3.09. The first-order valence-electron chi connectivity index (χ1n) is 6.45. The van der Waals surface area contributed by atoms with Crippen molar-refractivity contribution in [2.75, 3.05) is 7.11 Å². The highest BCUT2D eigenvalue weighted by molar-refractivity contribution is 7.89. The highest BCUT2D eigenvalue weighted by atomic mass is 32.2. The molecule has 0 radical (unpaired) electrons. The molecule has 0 amide bonds. The molecule has 23 heavy (non-hydrogen) atoms. The van der Waals surface area contributed by atoms with Crippen molar-refractivity contribution in [3.05, 3.63) is 34.4 Å². The Morgan fingerprint density at radius 1 is 1.26 bits per heavy atom. The number of non-ortho nitro benzene ring substituents is 1. The van der Waals surface area contributed by atoms with E-state index < -0.39 is 38.7 Å². The fraction of sp³-hybridized carbons (Fsp3) is 0.385. The minimum atomic E-state index is -4.16. The van der Waals surface area contributed by atoms with Crippen molar-refractivity contribution in [1.29, 1.82) is 0 Å². The maximum absolute atomic E-state index is 12.3. The van der Waals surface area contributed by atoms with Gasteiger partial charge in [-0.05, 0) is 19.1 Å². The molecular weight excluding hydrogens is 328 g/mol. The molecule has 0 spiro atoms. The van der Waals surface area contributed by atoms with Gasteiger partial charge in [-0.25, -0.2) is 8.42 Å². The monoisotopic (exact) mass is 344 g/mol. The van der Waals surface area contributed by atoms with Gasteiger partial charge in [-0.15, -0.1) is 0 Å². The molecule has 2 atom stereocenters. The summed E-state index contributed by atoms with van der Waals surface area (Å²) in [6.45, 7) is 2.61. The fourth-order valence-electron chi connectivity index (χ4n) is 1.70. The van der Waals surface area contributed by atoms with Crippen LogP contribution in [0.5, 0.6) is 0 Å². The number of carbonyl (C=O) groups excluding carboxylic acids is 2. The minimum Gasteiger partial charge on any atom is -0.468 e. The summed E-state index contributed by atoms with van der Waals surface area (Å²) in [6, 6.07) is 2.73. The Bertz CT molecular complexity index is 712. The van der Waals surface area contributed by atoms with E-state index in [9.17, 15) is 28.1 Å². The number of nitrogens with one attached hydrogen (secondary N) is 1. The van der Waals surface area contributed by atoms with Crippen LogP contribution in [-0.4, -0.2) is 38.2 Å². The van der Waals surface area contributed by atoms with E-state index in [1.165, 1.54) is 13.8 Å². The molecule has 0 bridgehead atoms. The first-order chi connectivity index (χ1) is 10.6. The Kier molecular flexibility index (Phi) is 5.93. The third-order valence-corrected chi connectivity index (χ3v) is 4.69. The Morgan fingerprint density at radius 3 is 2.17 bits per heavy atom. The summed E-state index contributed by atoms with van der Waals surface area (Å²) in [5, 5.41) is 10.6. The molecule has 1 N–H and O–H groups in total. The van der Waals surface area contributed by atoms with Crippen molar-refractivity contribution < 1.29 is 27.7 Å². The third-order valence-electron chi connectivity index (χ3n) is 3.24. The molecule has 1 aromatic rings. The van der Waals surface area contributed by atoms with E-state index in [1.807, 2.05) is 0 Å². The maximum Gasteiger partial charge on any atom is 0.324 e. The molecule has 0 heterocycles. The van der Waals surface area contributed by atoms with Gasteiger partial charge >= 0.3 is 5.97 Å². The lowest BCUT2D eigenvalue weighted by atomic mass is 9.99. The van der Waals surface area contributed by atoms with Crippen LogP contribution >= 0.6 is 0 Å². The Labute approximate surface area is 132 Å². The van der Waals surface area contributed by atoms with E-state index in [1.54, 1.807) is 0 Å². The number of nitrogens with zero attached hydrogens (tertiary/aromatic N) is 1. The molecule has 0 unspecified atom stereocenters. The molecule has 0 aliphatic rings. The van der Waals surface area contributed by atoms with E-state index in [2.05, 4.69) is 9.46 Å². The van der Waals surface area contributed by atoms with Gasteiger partial charge < -0.3 is 4.74 Å². The van der Waals surface area contributed by atoms with E-state index in [0.29, 0.717) is 0 Å². The standard InChI is InChI=1S/C13H16N2O7S/c1-8(9(2)16)12(13(17)22-3)14-23(20,21)11-6-4-10(5-7-11)15(18)19/h4-8,12,14H,1-3H3/t8-,12-/m0/s1. The fourth-order valence-corrected chi connectivity index (χ4v) is 2.96. The zero-order chi connectivity index (χ0) is 17.8. The van der Waals surface area contributed by atoms with E-state index in [0.717, 1.165) is 31.4 Å². The van der Waals surface area contributed by atoms with Gasteiger partial charge in [0.1, 0.15) is 11.8 Å². The van der Waals surface area contributed by atoms with E-state index in [-0.39, 0.29) is 10.6 Å². The van der Waals surface area contributed by atoms with Crippen LogP contribution in [0.2, 0.25) is 0 Å². The summed E-state index contributed by atoms with van der Waals surface area (Å²) in [5.41, 5.74) is -0.273. The predicted octanol–water partition coefficient (Wildman–Crippen LogP) is 0.640. The second-order valence-electron chi connectivity index (χ2n) is 4.77. The summed E-state index contributed by atoms with van der Waals surface area (Å²) in [6.07, 6.45) is 0. The van der Waals surface area contributed by atoms with Crippen LogP contribution < -0.4 is 4.72 Å². The number of Topliss-reactive ketones (excluding diaryl/α,β-unsaturated/α-hetero) is 1. The molecule has 0 aromatic heterocycles. The maximum atomic E-state index is 12.3. The van der Waals surface area contributed by atoms with Crippen LogP contribution in [0.4, 0.5) is 5.69 Å². The zero-order valence-electron chi connectivity index (χ0n) is 12.7. The molecule has 0 aliphatic carbocycles. The van der Waals surface area contributed by atoms with Gasteiger partial charge in [0.25, 0.3) is 5.69 Å². The van der Waals surface area contributed by atoms with Crippen molar-refractivity contribution in [2.45, 2.75) is 24.8 Å². The van der Waals surface area contributed by atoms with Gasteiger partial charge in [-0.1, -0.05) is 6.92 Å². The number of nitro benzene ring substituents is 1. The molecule has 9 nitrogen and oxygen atoms in total. The van der Waals surface area contributed by atoms with Crippen LogP contribution in [0.25, 0.3) is 0 Å². The van der Waals surface area contributed by atoms with Crippen LogP contribution in [-0.2, 0) is 24.3 Å². The normalized spacial score (nSPS) is 13.9. The zero-order valence-corrected chi connectivity index (χ0v) is 13.5. The number of sulfonamides is 1. The molecule has 0 saturated heterocycles. The van der Waals surface area contributed by atoms with Gasteiger partial charge in [0.2, 0.25) is 10.0 Å². The van der Waals surface area contributed by atoms with Crippen LogP contribution in [0.15, 0.2) is 29.2 Å². The van der Waals surface area contributed by atoms with Gasteiger partial charge in [-0.2, -0.15) is 4.72 Å². The molecule has 126 valence electrons. The third kappa shape index (κ3) is 4.57. The number of hydrogen-bond donors (Lipinski definition) is 1. The number of ketones is 1. The molecule has 0 fully saturated rings. The number of nitro groups is 1. The summed E-state index contributed by atoms with van der Waals surface area (Å²) in [5.74, 6) is -2.24. The first kappa shape index (κ1) is 18.7. The van der Waals surface area contributed by atoms with Crippen molar-refractivity contribution in [3.63, 3.8) is 0 Å². The number of hydrogen-bond acceptors (Lipinski definition) is 7. The number of rotatable bonds is 7. The number of carbonyl (C=O) groups is 2. The van der Waals surface area contributed by atoms with E-state index >= 15 is 0 Å². The first-order valence-corrected chi connectivity index (χ1v) is 7.93. The molecule has 1 aromatic carbocycles. The van der Waals surface area contributed by atoms with Crippen LogP contribution in [0.3, 0.4) is 0 Å². The Morgan fingerprint density at radius 2 is 1.78 bits per heavy atom. The second-order valence-corrected chi connectivity index (χ2v) is 6.49. The van der Waals surface area contributed by atoms with Crippen LogP contribution in [0, 0.1) is 16.0 Å². The number of ether oxygens (including phenoxy) is 1. The summed E-state index contributed by atoms with van der Waals surface area (Å²) in [4.78, 5) is 32.8. The molecule has 0 saturated carbocycles. The van der Waals surface area contributed by atoms with Crippen molar-refractivity contribution in [3.8, 4) is 0 Å². The highest BCUT2D eigenvalue weighted by Gasteiger charge is 2.33. The SMILES string of the molecule is COC(=O)[C@@H](NS(=O)(=O)c1ccc([N+](=O)[O-])cc1)[C@@H](C)C(C)=O. The topological polar surface area (TPSA) is 133 Å². The largest absolute Gasteiger partial charge is 0.468 e. The Hall–Kier alpha value is -2.33. The average Bonchev–Trinajstić information content (AvgIpc) is 2.51. The quantitative estimate of drug-likeness (QED) is 0.436. The van der Waals surface area contributed by atoms with Crippen molar-refractivity contribution in [2.24, 2.45) is 5.92 Å². The number of esters is 1. The lowest BCUT2D eigenvalue weighted by Gasteiger charge is -2.20. The van der Waals surface area contributed by atoms with Crippen molar-refractivity contribution >= 4 is 27.5 Å². The average molecular weight is 344 g/mol. The second kappa shape index (κ2) is 7.29. The van der Waals surface area contributed by atoms with Crippen LogP contribution in [0.1, 0.15) is 13.8 Å². The minimum absolute atomic E-state index is 0.271. The lowest BCUT2D eigenvalue weighted by Crippen LogP contribution is -2.47. The molecular formula is C13H16N2O7S. The highest BCUT2D eigenvalue weighted by Crippen LogP contribution is 2.17. The molecule has 0 aliphatic heterocycles. The summed E-state index contributed by atoms with van der Waals surface area (Å²) < 4.78 is 31.1. The van der Waals surface area contributed by atoms with Crippen molar-refractivity contribution in [1.82, 2.24) is 4.72 Å². The van der Waals surface area contributed by atoms with Gasteiger partial charge in [0.05, 0.1) is 16.9 Å². The molecule has 10 heteroatoms. The molecule has 1 rings (SSSR count). The lowest BCUT2D eigenvalue weighted by molar-refractivity contribution is -0.384. The number of methoxy groups -OCH3 is 1. The van der Waals surface area contributed by atoms with Gasteiger partial charge in [-0.3, -0.25) is 19.7 Å². The van der Waals surface area contributed by atoms with Gasteiger partial charge in [0.15, 0.2) is 0 Å². The number of benzene rings is 1. The van der Waals surface area contributed by atoms with E-state index in [4.69, 9.17) is 0 Å². The smallest absolute Gasteiger partial charge is 0.324 e. The summed E-state index contributed by atoms with van der Waals surface area (Å²) >= 11 is 0. The predicted molar refractivity (Wildman–Crippen MR) is 79.1 cm³/mol. The Balaban J connectivity index is 3.12.